The monoisotopic (exact) mass is 496 g/mol. The second-order valence-electron chi connectivity index (χ2n) is 6.89. The maximum Gasteiger partial charge on any atom is 0.134 e. The van der Waals surface area contributed by atoms with E-state index in [-0.39, 0.29) is 11.1 Å². The van der Waals surface area contributed by atoms with Crippen molar-refractivity contribution in [3.05, 3.63) is 119 Å². The van der Waals surface area contributed by atoms with E-state index in [2.05, 4.69) is 9.98 Å². The van der Waals surface area contributed by atoms with Crippen molar-refractivity contribution >= 4 is 45.4 Å². The Morgan fingerprint density at radius 3 is 1.21 bits per heavy atom. The van der Waals surface area contributed by atoms with Gasteiger partial charge in [0, 0.05) is 22.2 Å². The highest BCUT2D eigenvalue weighted by molar-refractivity contribution is 8.76. The first kappa shape index (κ1) is 23.8. The highest BCUT2D eigenvalue weighted by Gasteiger charge is 2.09. The molecule has 170 valence electrons. The van der Waals surface area contributed by atoms with Crippen LogP contribution in [0.3, 0.4) is 0 Å². The highest BCUT2D eigenvalue weighted by atomic mass is 33.1. The molecule has 0 atom stereocenters. The first-order valence-corrected chi connectivity index (χ1v) is 12.2. The highest BCUT2D eigenvalue weighted by Crippen LogP contribution is 2.44. The van der Waals surface area contributed by atoms with Crippen LogP contribution in [0, 0.1) is 23.3 Å². The van der Waals surface area contributed by atoms with Crippen LogP contribution in [0.5, 0.6) is 0 Å². The number of hydrogen-bond donors (Lipinski definition) is 0. The van der Waals surface area contributed by atoms with Crippen LogP contribution in [0.1, 0.15) is 11.1 Å². The van der Waals surface area contributed by atoms with E-state index in [1.807, 2.05) is 24.3 Å². The van der Waals surface area contributed by atoms with E-state index in [0.717, 1.165) is 22.2 Å². The lowest BCUT2D eigenvalue weighted by Crippen LogP contribution is -1.93. The zero-order chi connectivity index (χ0) is 23.9. The molecular weight excluding hydrogens is 480 g/mol. The molecule has 0 amide bonds. The molecule has 0 saturated carbocycles. The molecule has 4 aromatic carbocycles. The molecule has 0 radical (unpaired) electrons. The average molecular weight is 497 g/mol. The summed E-state index contributed by atoms with van der Waals surface area (Å²) in [7, 11) is 2.76. The molecule has 0 spiro atoms. The molecule has 0 bridgehead atoms. The molecule has 0 heterocycles. The Morgan fingerprint density at radius 1 is 0.471 bits per heavy atom. The standard InChI is InChI=1S/C26H16F4N2S2/c27-19-7-5-8-20(28)17(19)15-31-23-11-1-3-13-25(23)33-34-26-14-4-2-12-24(26)32-16-18-21(29)9-6-10-22(18)30/h1-16H. The quantitative estimate of drug-likeness (QED) is 0.145. The number of benzene rings is 4. The van der Waals surface area contributed by atoms with Gasteiger partial charge >= 0.3 is 0 Å². The van der Waals surface area contributed by atoms with Gasteiger partial charge in [-0.25, -0.2) is 17.6 Å². The number of para-hydroxylation sites is 2. The van der Waals surface area contributed by atoms with Crippen LogP contribution in [-0.2, 0) is 0 Å². The van der Waals surface area contributed by atoms with Gasteiger partial charge in [0.15, 0.2) is 0 Å². The van der Waals surface area contributed by atoms with E-state index in [9.17, 15) is 17.6 Å². The van der Waals surface area contributed by atoms with Gasteiger partial charge in [-0.05, 0) is 48.5 Å². The minimum absolute atomic E-state index is 0.213. The summed E-state index contributed by atoms with van der Waals surface area (Å²) in [4.78, 5) is 10.1. The van der Waals surface area contributed by atoms with E-state index in [1.165, 1.54) is 58.0 Å². The van der Waals surface area contributed by atoms with Crippen molar-refractivity contribution in [1.82, 2.24) is 0 Å². The molecule has 0 aliphatic carbocycles. The molecule has 34 heavy (non-hydrogen) atoms. The second-order valence-corrected chi connectivity index (χ2v) is 9.10. The van der Waals surface area contributed by atoms with Crippen molar-refractivity contribution in [3.8, 4) is 0 Å². The lowest BCUT2D eigenvalue weighted by molar-refractivity contribution is 0.579. The van der Waals surface area contributed by atoms with Crippen LogP contribution in [0.2, 0.25) is 0 Å². The molecule has 0 aromatic heterocycles. The van der Waals surface area contributed by atoms with E-state index < -0.39 is 23.3 Å². The Labute approximate surface area is 201 Å². The van der Waals surface area contributed by atoms with Crippen molar-refractivity contribution in [3.63, 3.8) is 0 Å². The fourth-order valence-corrected chi connectivity index (χ4v) is 5.14. The third-order valence-electron chi connectivity index (χ3n) is 4.62. The van der Waals surface area contributed by atoms with Gasteiger partial charge < -0.3 is 0 Å². The third kappa shape index (κ3) is 5.76. The number of aliphatic imine (C=N–C) groups is 2. The number of nitrogens with zero attached hydrogens (tertiary/aromatic N) is 2. The smallest absolute Gasteiger partial charge is 0.134 e. The zero-order valence-electron chi connectivity index (χ0n) is 17.5. The average Bonchev–Trinajstić information content (AvgIpc) is 2.83. The van der Waals surface area contributed by atoms with Crippen molar-refractivity contribution in [1.29, 1.82) is 0 Å². The van der Waals surface area contributed by atoms with Crippen LogP contribution in [0.4, 0.5) is 28.9 Å². The SMILES string of the molecule is Fc1cccc(F)c1C=Nc1ccccc1SSc1ccccc1N=Cc1c(F)cccc1F. The van der Waals surface area contributed by atoms with E-state index in [1.54, 1.807) is 24.3 Å². The molecule has 0 aliphatic heterocycles. The van der Waals surface area contributed by atoms with Crippen LogP contribution < -0.4 is 0 Å². The first-order chi connectivity index (χ1) is 16.5. The minimum Gasteiger partial charge on any atom is -0.255 e. The molecule has 0 fully saturated rings. The Morgan fingerprint density at radius 2 is 0.824 bits per heavy atom. The van der Waals surface area contributed by atoms with Gasteiger partial charge in [-0.15, -0.1) is 0 Å². The van der Waals surface area contributed by atoms with Crippen molar-refractivity contribution < 1.29 is 17.6 Å². The Hall–Kier alpha value is -3.36. The van der Waals surface area contributed by atoms with Gasteiger partial charge in [-0.1, -0.05) is 58.0 Å². The number of halogens is 4. The number of hydrogen-bond acceptors (Lipinski definition) is 4. The fraction of sp³-hybridized carbons (Fsp3) is 0. The van der Waals surface area contributed by atoms with E-state index in [0.29, 0.717) is 11.4 Å². The van der Waals surface area contributed by atoms with Crippen molar-refractivity contribution in [2.24, 2.45) is 9.98 Å². The second kappa shape index (κ2) is 11.2. The Balaban J connectivity index is 1.54. The van der Waals surface area contributed by atoms with Gasteiger partial charge in [0.25, 0.3) is 0 Å². The normalized spacial score (nSPS) is 11.5. The zero-order valence-corrected chi connectivity index (χ0v) is 19.1. The van der Waals surface area contributed by atoms with Gasteiger partial charge in [-0.2, -0.15) is 0 Å². The first-order valence-electron chi connectivity index (χ1n) is 10.0. The van der Waals surface area contributed by atoms with Crippen molar-refractivity contribution in [2.75, 3.05) is 0 Å². The summed E-state index contributed by atoms with van der Waals surface area (Å²) in [5, 5.41) is 0. The molecule has 8 heteroatoms. The lowest BCUT2D eigenvalue weighted by atomic mass is 10.2. The molecular formula is C26H16F4N2S2. The molecule has 4 rings (SSSR count). The molecule has 4 aromatic rings. The van der Waals surface area contributed by atoms with E-state index >= 15 is 0 Å². The van der Waals surface area contributed by atoms with Crippen LogP contribution in [0.25, 0.3) is 0 Å². The molecule has 0 unspecified atom stereocenters. The summed E-state index contributed by atoms with van der Waals surface area (Å²) >= 11 is 0. The van der Waals surface area contributed by atoms with Gasteiger partial charge in [-0.3, -0.25) is 9.98 Å². The third-order valence-corrected chi connectivity index (χ3v) is 7.08. The minimum atomic E-state index is -0.693. The topological polar surface area (TPSA) is 24.7 Å². The molecule has 0 N–H and O–H groups in total. The summed E-state index contributed by atoms with van der Waals surface area (Å²) in [6, 6.07) is 21.6. The van der Waals surface area contributed by atoms with Gasteiger partial charge in [0.05, 0.1) is 22.5 Å². The van der Waals surface area contributed by atoms with Crippen LogP contribution in [-0.4, -0.2) is 12.4 Å². The maximum absolute atomic E-state index is 13.9. The van der Waals surface area contributed by atoms with Crippen LogP contribution in [0.15, 0.2) is 105 Å². The summed E-state index contributed by atoms with van der Waals surface area (Å²) in [6.07, 6.45) is 2.33. The molecule has 0 saturated heterocycles. The lowest BCUT2D eigenvalue weighted by Gasteiger charge is -2.07. The Bertz CT molecular complexity index is 1230. The number of rotatable bonds is 7. The molecule has 0 aliphatic rings. The largest absolute Gasteiger partial charge is 0.255 e. The fourth-order valence-electron chi connectivity index (χ4n) is 2.89. The summed E-state index contributed by atoms with van der Waals surface area (Å²) in [5.41, 5.74) is 0.652. The maximum atomic E-state index is 13.9. The Kier molecular flexibility index (Phi) is 7.82. The summed E-state index contributed by atoms with van der Waals surface area (Å²) < 4.78 is 55.6. The summed E-state index contributed by atoms with van der Waals surface area (Å²) in [5.74, 6) is -2.77. The van der Waals surface area contributed by atoms with E-state index in [4.69, 9.17) is 0 Å². The van der Waals surface area contributed by atoms with Gasteiger partial charge in [0.1, 0.15) is 23.3 Å². The van der Waals surface area contributed by atoms with Gasteiger partial charge in [0.2, 0.25) is 0 Å². The predicted molar refractivity (Wildman–Crippen MR) is 132 cm³/mol. The van der Waals surface area contributed by atoms with Crippen molar-refractivity contribution in [2.45, 2.75) is 9.79 Å². The summed E-state index contributed by atoms with van der Waals surface area (Å²) in [6.45, 7) is 0. The predicted octanol–water partition coefficient (Wildman–Crippen LogP) is 8.54. The molecule has 2 nitrogen and oxygen atoms in total. The van der Waals surface area contributed by atoms with Crippen LogP contribution >= 0.6 is 21.6 Å².